The molecule has 0 fully saturated rings. The lowest BCUT2D eigenvalue weighted by molar-refractivity contribution is -0.125. The lowest BCUT2D eigenvalue weighted by atomic mass is 9.91. The summed E-state index contributed by atoms with van der Waals surface area (Å²) in [6.45, 7) is 5.52. The van der Waals surface area contributed by atoms with Crippen LogP contribution in [-0.2, 0) is 4.79 Å². The van der Waals surface area contributed by atoms with Crippen molar-refractivity contribution >= 4 is 34.6 Å². The van der Waals surface area contributed by atoms with Gasteiger partial charge in [0.1, 0.15) is 0 Å². The van der Waals surface area contributed by atoms with Crippen LogP contribution < -0.4 is 5.32 Å². The molecule has 0 aromatic carbocycles. The normalized spacial score (nSPS) is 11.2. The number of ketones is 1. The number of thiophene rings is 1. The maximum atomic E-state index is 11.6. The maximum Gasteiger partial charge on any atom is 0.261 e. The van der Waals surface area contributed by atoms with E-state index >= 15 is 0 Å². The first-order valence-corrected chi connectivity index (χ1v) is 6.07. The first-order chi connectivity index (χ1) is 7.30. The van der Waals surface area contributed by atoms with Gasteiger partial charge in [-0.15, -0.1) is 11.3 Å². The van der Waals surface area contributed by atoms with Gasteiger partial charge in [0, 0.05) is 5.41 Å². The lowest BCUT2D eigenvalue weighted by Gasteiger charge is -2.16. The third-order valence-corrected chi connectivity index (χ3v) is 3.27. The van der Waals surface area contributed by atoms with Gasteiger partial charge in [-0.25, -0.2) is 0 Å². The minimum Gasteiger partial charge on any atom is -0.344 e. The highest BCUT2D eigenvalue weighted by Crippen LogP contribution is 2.21. The maximum absolute atomic E-state index is 11.6. The molecule has 0 saturated carbocycles. The molecular weight excluding hydrogens is 246 g/mol. The second kappa shape index (κ2) is 4.97. The summed E-state index contributed by atoms with van der Waals surface area (Å²) in [5.74, 6) is -0.252. The summed E-state index contributed by atoms with van der Waals surface area (Å²) < 4.78 is 0.562. The summed E-state index contributed by atoms with van der Waals surface area (Å²) in [7, 11) is 0. The molecule has 1 rings (SSSR count). The number of nitrogens with one attached hydrogen (secondary N) is 1. The molecule has 0 spiro atoms. The molecule has 0 bridgehead atoms. The van der Waals surface area contributed by atoms with E-state index in [9.17, 15) is 9.59 Å². The van der Waals surface area contributed by atoms with Gasteiger partial charge >= 0.3 is 0 Å². The summed E-state index contributed by atoms with van der Waals surface area (Å²) >= 11 is 6.91. The van der Waals surface area contributed by atoms with Gasteiger partial charge in [-0.3, -0.25) is 9.59 Å². The van der Waals surface area contributed by atoms with Crippen molar-refractivity contribution in [1.82, 2.24) is 5.32 Å². The van der Waals surface area contributed by atoms with Crippen molar-refractivity contribution < 1.29 is 9.59 Å². The molecule has 0 atom stereocenters. The van der Waals surface area contributed by atoms with E-state index in [0.29, 0.717) is 9.21 Å². The Morgan fingerprint density at radius 1 is 1.38 bits per heavy atom. The molecule has 1 aromatic heterocycles. The average Bonchev–Trinajstić information content (AvgIpc) is 2.59. The summed E-state index contributed by atoms with van der Waals surface area (Å²) in [6, 6.07) is 3.30. The lowest BCUT2D eigenvalue weighted by Crippen LogP contribution is -2.35. The molecule has 0 aliphatic carbocycles. The van der Waals surface area contributed by atoms with E-state index in [2.05, 4.69) is 5.32 Å². The van der Waals surface area contributed by atoms with Crippen molar-refractivity contribution in [1.29, 1.82) is 0 Å². The van der Waals surface area contributed by atoms with Gasteiger partial charge in [0.25, 0.3) is 5.91 Å². The number of hydrogen-bond acceptors (Lipinski definition) is 3. The van der Waals surface area contributed by atoms with Crippen LogP contribution in [0, 0.1) is 5.41 Å². The highest BCUT2D eigenvalue weighted by atomic mass is 35.5. The smallest absolute Gasteiger partial charge is 0.261 e. The molecule has 1 heterocycles. The largest absolute Gasteiger partial charge is 0.344 e. The molecule has 88 valence electrons. The standard InChI is InChI=1S/C11H14ClNO2S/c1-11(2,3)8(14)6-13-10(15)7-4-5-9(12)16-7/h4-5H,6H2,1-3H3,(H,13,15). The highest BCUT2D eigenvalue weighted by molar-refractivity contribution is 7.17. The number of amides is 1. The Labute approximate surface area is 104 Å². The van der Waals surface area contributed by atoms with Gasteiger partial charge in [-0.1, -0.05) is 32.4 Å². The number of carbonyl (C=O) groups is 2. The number of Topliss-reactive ketones (excluding diaryl/α,β-unsaturated/α-hetero) is 1. The molecule has 1 N–H and O–H groups in total. The monoisotopic (exact) mass is 259 g/mol. The van der Waals surface area contributed by atoms with Crippen LogP contribution in [0.5, 0.6) is 0 Å². The molecule has 0 aliphatic rings. The minimum absolute atomic E-state index is 0.00324. The number of halogens is 1. The first-order valence-electron chi connectivity index (χ1n) is 4.87. The van der Waals surface area contributed by atoms with Crippen molar-refractivity contribution in [2.45, 2.75) is 20.8 Å². The van der Waals surface area contributed by atoms with Crippen LogP contribution in [0.1, 0.15) is 30.4 Å². The van der Waals surface area contributed by atoms with Gasteiger partial charge in [0.2, 0.25) is 0 Å². The third-order valence-electron chi connectivity index (χ3n) is 2.04. The van der Waals surface area contributed by atoms with Crippen LogP contribution in [0.15, 0.2) is 12.1 Å². The zero-order valence-corrected chi connectivity index (χ0v) is 11.0. The van der Waals surface area contributed by atoms with E-state index in [0.717, 1.165) is 0 Å². The fraction of sp³-hybridized carbons (Fsp3) is 0.455. The van der Waals surface area contributed by atoms with Gasteiger partial charge < -0.3 is 5.32 Å². The molecule has 5 heteroatoms. The molecule has 0 radical (unpaired) electrons. The second-order valence-electron chi connectivity index (χ2n) is 4.46. The van der Waals surface area contributed by atoms with E-state index in [1.54, 1.807) is 12.1 Å². The molecule has 1 aromatic rings. The van der Waals surface area contributed by atoms with Crippen LogP contribution in [0.2, 0.25) is 4.34 Å². The Morgan fingerprint density at radius 2 is 2.00 bits per heavy atom. The Bertz CT molecular complexity index is 406. The van der Waals surface area contributed by atoms with Crippen molar-refractivity contribution in [3.63, 3.8) is 0 Å². The molecular formula is C11H14ClNO2S. The fourth-order valence-electron chi connectivity index (χ4n) is 0.949. The predicted octanol–water partition coefficient (Wildman–Crippen LogP) is 2.75. The molecule has 1 amide bonds. The first kappa shape index (κ1) is 13.2. The minimum atomic E-state index is -0.430. The molecule has 0 saturated heterocycles. The van der Waals surface area contributed by atoms with Gasteiger partial charge in [0.05, 0.1) is 15.8 Å². The van der Waals surface area contributed by atoms with Crippen LogP contribution in [0.25, 0.3) is 0 Å². The predicted molar refractivity (Wildman–Crippen MR) is 66.1 cm³/mol. The summed E-state index contributed by atoms with van der Waals surface area (Å²) in [6.07, 6.45) is 0. The van der Waals surface area contributed by atoms with Crippen molar-refractivity contribution in [2.24, 2.45) is 5.41 Å². The summed E-state index contributed by atoms with van der Waals surface area (Å²) in [5, 5.41) is 2.58. The Kier molecular flexibility index (Phi) is 4.10. The Balaban J connectivity index is 2.51. The average molecular weight is 260 g/mol. The fourth-order valence-corrected chi connectivity index (χ4v) is 1.91. The van der Waals surface area contributed by atoms with Crippen molar-refractivity contribution in [2.75, 3.05) is 6.54 Å². The molecule has 3 nitrogen and oxygen atoms in total. The van der Waals surface area contributed by atoms with Gasteiger partial charge in [-0.05, 0) is 12.1 Å². The van der Waals surface area contributed by atoms with Crippen LogP contribution in [0.4, 0.5) is 0 Å². The number of carbonyl (C=O) groups excluding carboxylic acids is 2. The zero-order valence-electron chi connectivity index (χ0n) is 9.46. The molecule has 0 unspecified atom stereocenters. The molecule has 0 aliphatic heterocycles. The SMILES string of the molecule is CC(C)(C)C(=O)CNC(=O)c1ccc(Cl)s1. The van der Waals surface area contributed by atoms with Crippen LogP contribution in [0.3, 0.4) is 0 Å². The zero-order chi connectivity index (χ0) is 12.3. The quantitative estimate of drug-likeness (QED) is 0.907. The highest BCUT2D eigenvalue weighted by Gasteiger charge is 2.21. The van der Waals surface area contributed by atoms with E-state index in [-0.39, 0.29) is 18.2 Å². The Hall–Kier alpha value is -0.870. The second-order valence-corrected chi connectivity index (χ2v) is 6.17. The third kappa shape index (κ3) is 3.61. The van der Waals surface area contributed by atoms with Gasteiger partial charge in [0.15, 0.2) is 5.78 Å². The van der Waals surface area contributed by atoms with Crippen molar-refractivity contribution in [3.05, 3.63) is 21.3 Å². The Morgan fingerprint density at radius 3 is 2.44 bits per heavy atom. The number of hydrogen-bond donors (Lipinski definition) is 1. The van der Waals surface area contributed by atoms with Crippen LogP contribution >= 0.6 is 22.9 Å². The van der Waals surface area contributed by atoms with E-state index in [1.807, 2.05) is 20.8 Å². The summed E-state index contributed by atoms with van der Waals surface area (Å²) in [4.78, 5) is 23.7. The number of rotatable bonds is 3. The van der Waals surface area contributed by atoms with E-state index in [4.69, 9.17) is 11.6 Å². The molecule has 16 heavy (non-hydrogen) atoms. The van der Waals surface area contributed by atoms with Crippen molar-refractivity contribution in [3.8, 4) is 0 Å². The van der Waals surface area contributed by atoms with Gasteiger partial charge in [-0.2, -0.15) is 0 Å². The topological polar surface area (TPSA) is 46.2 Å². The van der Waals surface area contributed by atoms with Crippen LogP contribution in [-0.4, -0.2) is 18.2 Å². The van der Waals surface area contributed by atoms with E-state index < -0.39 is 5.41 Å². The summed E-state index contributed by atoms with van der Waals surface area (Å²) in [5.41, 5.74) is -0.430. The van der Waals surface area contributed by atoms with E-state index in [1.165, 1.54) is 11.3 Å².